The molecular formula is C47H32. The van der Waals surface area contributed by atoms with Gasteiger partial charge in [-0.3, -0.25) is 0 Å². The molecule has 0 bridgehead atoms. The minimum Gasteiger partial charge on any atom is -0.0616 e. The predicted molar refractivity (Wildman–Crippen MR) is 202 cm³/mol. The molecule has 9 aromatic carbocycles. The first-order chi connectivity index (χ1) is 23.0. The second kappa shape index (κ2) is 9.64. The first-order valence-electron chi connectivity index (χ1n) is 16.6. The first-order valence-corrected chi connectivity index (χ1v) is 16.6. The first kappa shape index (κ1) is 26.5. The zero-order valence-corrected chi connectivity index (χ0v) is 26.5. The summed E-state index contributed by atoms with van der Waals surface area (Å²) in [6.07, 6.45) is 0. The van der Waals surface area contributed by atoms with Gasteiger partial charge < -0.3 is 0 Å². The van der Waals surface area contributed by atoms with Crippen molar-refractivity contribution in [3.05, 3.63) is 169 Å². The van der Waals surface area contributed by atoms with Crippen LogP contribution < -0.4 is 0 Å². The molecule has 0 unspecified atom stereocenters. The SMILES string of the molecule is CC1(C)c2cc(-c3ccc(-c4ccc5ccccc5c4)cc3)ccc2-c2ccc(-c3ccc4ccc5cccc6ccc3c4c56)cc21. The van der Waals surface area contributed by atoms with E-state index in [1.165, 1.54) is 98.7 Å². The molecule has 0 saturated carbocycles. The third-order valence-corrected chi connectivity index (χ3v) is 10.8. The minimum absolute atomic E-state index is 0.106. The van der Waals surface area contributed by atoms with Gasteiger partial charge in [-0.25, -0.2) is 0 Å². The molecule has 0 heteroatoms. The normalized spacial score (nSPS) is 13.5. The molecule has 0 aromatic heterocycles. The maximum absolute atomic E-state index is 2.46. The molecule has 47 heavy (non-hydrogen) atoms. The minimum atomic E-state index is -0.106. The van der Waals surface area contributed by atoms with Gasteiger partial charge in [0.2, 0.25) is 0 Å². The van der Waals surface area contributed by atoms with Crippen molar-refractivity contribution in [3.63, 3.8) is 0 Å². The van der Waals surface area contributed by atoms with E-state index in [-0.39, 0.29) is 5.41 Å². The summed E-state index contributed by atoms with van der Waals surface area (Å²) >= 11 is 0. The Hall–Kier alpha value is -5.72. The highest BCUT2D eigenvalue weighted by atomic mass is 14.4. The summed E-state index contributed by atoms with van der Waals surface area (Å²) in [4.78, 5) is 0. The molecule has 10 rings (SSSR count). The fraction of sp³-hybridized carbons (Fsp3) is 0.0638. The molecule has 1 aliphatic rings. The Kier molecular flexibility index (Phi) is 5.44. The van der Waals surface area contributed by atoms with Crippen molar-refractivity contribution in [2.24, 2.45) is 0 Å². The lowest BCUT2D eigenvalue weighted by atomic mass is 9.80. The highest BCUT2D eigenvalue weighted by molar-refractivity contribution is 6.25. The molecule has 0 fully saturated rings. The third kappa shape index (κ3) is 3.88. The molecule has 0 atom stereocenters. The molecule has 0 saturated heterocycles. The number of hydrogen-bond acceptors (Lipinski definition) is 0. The van der Waals surface area contributed by atoms with Gasteiger partial charge in [0.25, 0.3) is 0 Å². The lowest BCUT2D eigenvalue weighted by Gasteiger charge is -2.23. The Morgan fingerprint density at radius 1 is 0.319 bits per heavy atom. The van der Waals surface area contributed by atoms with Gasteiger partial charge in [0.05, 0.1) is 0 Å². The summed E-state index contributed by atoms with van der Waals surface area (Å²) in [7, 11) is 0. The van der Waals surface area contributed by atoms with Crippen molar-refractivity contribution < 1.29 is 0 Å². The Bertz CT molecular complexity index is 2670. The molecule has 1 aliphatic carbocycles. The monoisotopic (exact) mass is 596 g/mol. The van der Waals surface area contributed by atoms with Crippen molar-refractivity contribution in [2.75, 3.05) is 0 Å². The average Bonchev–Trinajstić information content (AvgIpc) is 3.35. The third-order valence-electron chi connectivity index (χ3n) is 10.8. The summed E-state index contributed by atoms with van der Waals surface area (Å²) in [5.74, 6) is 0. The van der Waals surface area contributed by atoms with E-state index in [4.69, 9.17) is 0 Å². The summed E-state index contributed by atoms with van der Waals surface area (Å²) in [6.45, 7) is 4.77. The van der Waals surface area contributed by atoms with Crippen LogP contribution in [0.25, 0.3) is 87.6 Å². The maximum atomic E-state index is 2.46. The lowest BCUT2D eigenvalue weighted by molar-refractivity contribution is 0.661. The maximum Gasteiger partial charge on any atom is 0.0159 e. The molecular weight excluding hydrogens is 565 g/mol. The van der Waals surface area contributed by atoms with Crippen LogP contribution in [0.15, 0.2) is 158 Å². The number of fused-ring (bicyclic) bond motifs is 4. The standard InChI is InChI=1S/C47H32/c1-47(2)43-27-37(31-12-10-30(11-13-31)36-17-14-29-6-3-4-7-35(29)26-36)20-23-40(43)41-24-21-38(28-44(41)47)39-22-18-34-16-15-32-8-5-9-33-19-25-42(39)46(34)45(32)33/h3-28H,1-2H3. The summed E-state index contributed by atoms with van der Waals surface area (Å²) in [5, 5.41) is 10.5. The van der Waals surface area contributed by atoms with Gasteiger partial charge in [-0.2, -0.15) is 0 Å². The Labute approximate surface area is 274 Å². The van der Waals surface area contributed by atoms with Gasteiger partial charge in [0.1, 0.15) is 0 Å². The van der Waals surface area contributed by atoms with Crippen LogP contribution in [0, 0.1) is 0 Å². The highest BCUT2D eigenvalue weighted by Gasteiger charge is 2.36. The van der Waals surface area contributed by atoms with E-state index in [2.05, 4.69) is 172 Å². The number of rotatable bonds is 3. The fourth-order valence-corrected chi connectivity index (χ4v) is 8.30. The van der Waals surface area contributed by atoms with Gasteiger partial charge >= 0.3 is 0 Å². The van der Waals surface area contributed by atoms with Crippen LogP contribution in [0.4, 0.5) is 0 Å². The topological polar surface area (TPSA) is 0 Å². The van der Waals surface area contributed by atoms with E-state index < -0.39 is 0 Å². The van der Waals surface area contributed by atoms with Crippen LogP contribution >= 0.6 is 0 Å². The number of hydrogen-bond donors (Lipinski definition) is 0. The molecule has 9 aromatic rings. The van der Waals surface area contributed by atoms with Crippen LogP contribution in [-0.2, 0) is 5.41 Å². The van der Waals surface area contributed by atoms with E-state index in [0.29, 0.717) is 0 Å². The largest absolute Gasteiger partial charge is 0.0616 e. The lowest BCUT2D eigenvalue weighted by Crippen LogP contribution is -2.15. The van der Waals surface area contributed by atoms with E-state index >= 15 is 0 Å². The Morgan fingerprint density at radius 3 is 1.51 bits per heavy atom. The van der Waals surface area contributed by atoms with E-state index in [1.807, 2.05) is 0 Å². The van der Waals surface area contributed by atoms with Crippen LogP contribution in [-0.4, -0.2) is 0 Å². The summed E-state index contributed by atoms with van der Waals surface area (Å²) in [6, 6.07) is 58.9. The van der Waals surface area contributed by atoms with Crippen molar-refractivity contribution >= 4 is 43.1 Å². The van der Waals surface area contributed by atoms with Crippen molar-refractivity contribution in [2.45, 2.75) is 19.3 Å². The van der Waals surface area contributed by atoms with Crippen molar-refractivity contribution in [1.82, 2.24) is 0 Å². The summed E-state index contributed by atoms with van der Waals surface area (Å²) in [5.41, 5.74) is 13.0. The van der Waals surface area contributed by atoms with Gasteiger partial charge in [0, 0.05) is 5.41 Å². The quantitative estimate of drug-likeness (QED) is 0.178. The van der Waals surface area contributed by atoms with Gasteiger partial charge in [-0.1, -0.05) is 153 Å². The van der Waals surface area contributed by atoms with Crippen LogP contribution in [0.1, 0.15) is 25.0 Å². The smallest absolute Gasteiger partial charge is 0.0159 e. The molecule has 0 radical (unpaired) electrons. The predicted octanol–water partition coefficient (Wildman–Crippen LogP) is 13.0. The van der Waals surface area contributed by atoms with Crippen LogP contribution in [0.5, 0.6) is 0 Å². The molecule has 0 spiro atoms. The van der Waals surface area contributed by atoms with E-state index in [9.17, 15) is 0 Å². The second-order valence-corrected chi connectivity index (χ2v) is 13.8. The fourth-order valence-electron chi connectivity index (χ4n) is 8.30. The second-order valence-electron chi connectivity index (χ2n) is 13.8. The zero-order valence-electron chi connectivity index (χ0n) is 26.5. The van der Waals surface area contributed by atoms with Gasteiger partial charge in [-0.05, 0) is 117 Å². The Balaban J connectivity index is 1.03. The van der Waals surface area contributed by atoms with E-state index in [1.54, 1.807) is 0 Å². The van der Waals surface area contributed by atoms with Gasteiger partial charge in [-0.15, -0.1) is 0 Å². The van der Waals surface area contributed by atoms with Gasteiger partial charge in [0.15, 0.2) is 0 Å². The molecule has 220 valence electrons. The van der Waals surface area contributed by atoms with Crippen LogP contribution in [0.3, 0.4) is 0 Å². The average molecular weight is 597 g/mol. The number of benzene rings is 9. The summed E-state index contributed by atoms with van der Waals surface area (Å²) < 4.78 is 0. The van der Waals surface area contributed by atoms with Crippen LogP contribution in [0.2, 0.25) is 0 Å². The molecule has 0 nitrogen and oxygen atoms in total. The van der Waals surface area contributed by atoms with Crippen molar-refractivity contribution in [1.29, 1.82) is 0 Å². The Morgan fingerprint density at radius 2 is 0.787 bits per heavy atom. The van der Waals surface area contributed by atoms with Crippen molar-refractivity contribution in [3.8, 4) is 44.5 Å². The zero-order chi connectivity index (χ0) is 31.3. The van der Waals surface area contributed by atoms with E-state index in [0.717, 1.165) is 0 Å². The molecule has 0 amide bonds. The highest BCUT2D eigenvalue weighted by Crippen LogP contribution is 2.51. The molecule has 0 aliphatic heterocycles. The molecule has 0 heterocycles. The molecule has 0 N–H and O–H groups in total.